The van der Waals surface area contributed by atoms with Gasteiger partial charge < -0.3 is 10.6 Å². The molecule has 0 saturated heterocycles. The number of hydrogen-bond donors (Lipinski definition) is 2. The molecule has 0 aromatic heterocycles. The highest BCUT2D eigenvalue weighted by atomic mass is 19.4. The average Bonchev–Trinajstić information content (AvgIpc) is 2.37. The third-order valence-electron chi connectivity index (χ3n) is 2.79. The van der Waals surface area contributed by atoms with Gasteiger partial charge in [0.2, 0.25) is 5.91 Å². The van der Waals surface area contributed by atoms with Gasteiger partial charge in [-0.2, -0.15) is 13.2 Å². The summed E-state index contributed by atoms with van der Waals surface area (Å²) in [5.74, 6) is -0.105. The summed E-state index contributed by atoms with van der Waals surface area (Å²) < 4.78 is 37.2. The Morgan fingerprint density at radius 3 is 2.26 bits per heavy atom. The lowest BCUT2D eigenvalue weighted by Gasteiger charge is -2.18. The Labute approximate surface area is 110 Å². The molecule has 1 rings (SSSR count). The van der Waals surface area contributed by atoms with Gasteiger partial charge in [-0.3, -0.25) is 4.79 Å². The second-order valence-electron chi connectivity index (χ2n) is 4.20. The third kappa shape index (κ3) is 4.81. The van der Waals surface area contributed by atoms with E-state index in [1.54, 1.807) is 7.05 Å². The molecule has 0 aliphatic carbocycles. The zero-order chi connectivity index (χ0) is 14.5. The number of nitrogens with one attached hydrogen (secondary N) is 2. The molecule has 0 radical (unpaired) electrons. The molecule has 1 aromatic rings. The van der Waals surface area contributed by atoms with Crippen LogP contribution in [0.1, 0.15) is 25.3 Å². The van der Waals surface area contributed by atoms with Crippen molar-refractivity contribution in [2.24, 2.45) is 0 Å². The van der Waals surface area contributed by atoms with Gasteiger partial charge in [-0.15, -0.1) is 0 Å². The predicted molar refractivity (Wildman–Crippen MR) is 67.8 cm³/mol. The van der Waals surface area contributed by atoms with E-state index in [0.717, 1.165) is 12.1 Å². The van der Waals surface area contributed by atoms with Gasteiger partial charge in [0.1, 0.15) is 0 Å². The molecule has 0 fully saturated rings. The smallest absolute Gasteiger partial charge is 0.382 e. The molecule has 1 aromatic carbocycles. The minimum atomic E-state index is -4.33. The van der Waals surface area contributed by atoms with Crippen molar-refractivity contribution in [3.8, 4) is 0 Å². The molecule has 0 bridgehead atoms. The van der Waals surface area contributed by atoms with Gasteiger partial charge in [-0.25, -0.2) is 0 Å². The predicted octanol–water partition coefficient (Wildman–Crippen LogP) is 3.03. The number of alkyl halides is 3. The standard InChI is InChI=1S/C13H17F3N2O/c1-3-10(8-12(19)17-2)18-11-6-4-9(5-7-11)13(14,15)16/h4-7,10,18H,3,8H2,1-2H3,(H,17,19). The molecule has 0 aliphatic heterocycles. The van der Waals surface area contributed by atoms with Gasteiger partial charge in [0.05, 0.1) is 5.56 Å². The number of benzene rings is 1. The summed E-state index contributed by atoms with van der Waals surface area (Å²) in [6.07, 6.45) is -3.34. The number of amides is 1. The van der Waals surface area contributed by atoms with Crippen LogP contribution >= 0.6 is 0 Å². The fourth-order valence-corrected chi connectivity index (χ4v) is 1.61. The second kappa shape index (κ2) is 6.45. The molecule has 1 atom stereocenters. The highest BCUT2D eigenvalue weighted by molar-refractivity contribution is 5.76. The van der Waals surface area contributed by atoms with Crippen LogP contribution in [0.5, 0.6) is 0 Å². The van der Waals surface area contributed by atoms with Crippen molar-refractivity contribution in [1.29, 1.82) is 0 Å². The van der Waals surface area contributed by atoms with E-state index in [9.17, 15) is 18.0 Å². The highest BCUT2D eigenvalue weighted by Gasteiger charge is 2.29. The molecule has 6 heteroatoms. The number of rotatable bonds is 5. The molecule has 1 amide bonds. The first-order chi connectivity index (χ1) is 8.86. The van der Waals surface area contributed by atoms with Crippen molar-refractivity contribution < 1.29 is 18.0 Å². The normalized spacial score (nSPS) is 12.9. The van der Waals surface area contributed by atoms with Crippen molar-refractivity contribution in [2.75, 3.05) is 12.4 Å². The molecule has 0 saturated carbocycles. The first-order valence-electron chi connectivity index (χ1n) is 6.01. The van der Waals surface area contributed by atoms with Crippen LogP contribution in [0.4, 0.5) is 18.9 Å². The maximum absolute atomic E-state index is 12.4. The minimum absolute atomic E-state index is 0.100. The Morgan fingerprint density at radius 2 is 1.84 bits per heavy atom. The van der Waals surface area contributed by atoms with Gasteiger partial charge in [0, 0.05) is 25.2 Å². The van der Waals surface area contributed by atoms with Crippen LogP contribution in [-0.4, -0.2) is 19.0 Å². The number of halogens is 3. The lowest BCUT2D eigenvalue weighted by molar-refractivity contribution is -0.137. The van der Waals surface area contributed by atoms with Crippen LogP contribution in [0.25, 0.3) is 0 Å². The zero-order valence-electron chi connectivity index (χ0n) is 10.8. The Balaban J connectivity index is 2.68. The van der Waals surface area contributed by atoms with Crippen LogP contribution in [0.15, 0.2) is 24.3 Å². The molecular weight excluding hydrogens is 257 g/mol. The molecule has 106 valence electrons. The van der Waals surface area contributed by atoms with E-state index >= 15 is 0 Å². The van der Waals surface area contributed by atoms with E-state index < -0.39 is 11.7 Å². The first-order valence-corrected chi connectivity index (χ1v) is 6.01. The van der Waals surface area contributed by atoms with E-state index in [4.69, 9.17) is 0 Å². The summed E-state index contributed by atoms with van der Waals surface area (Å²) in [6, 6.07) is 4.69. The molecule has 0 heterocycles. The molecule has 2 N–H and O–H groups in total. The fourth-order valence-electron chi connectivity index (χ4n) is 1.61. The number of hydrogen-bond acceptors (Lipinski definition) is 2. The lowest BCUT2D eigenvalue weighted by atomic mass is 10.1. The minimum Gasteiger partial charge on any atom is -0.382 e. The first kappa shape index (κ1) is 15.3. The van der Waals surface area contributed by atoms with Gasteiger partial charge in [0.25, 0.3) is 0 Å². The van der Waals surface area contributed by atoms with Gasteiger partial charge >= 0.3 is 6.18 Å². The van der Waals surface area contributed by atoms with Crippen LogP contribution < -0.4 is 10.6 Å². The summed E-state index contributed by atoms with van der Waals surface area (Å²) in [4.78, 5) is 11.3. The average molecular weight is 274 g/mol. The summed E-state index contributed by atoms with van der Waals surface area (Å²) >= 11 is 0. The second-order valence-corrected chi connectivity index (χ2v) is 4.20. The third-order valence-corrected chi connectivity index (χ3v) is 2.79. The topological polar surface area (TPSA) is 41.1 Å². The summed E-state index contributed by atoms with van der Waals surface area (Å²) in [5, 5.41) is 5.56. The van der Waals surface area contributed by atoms with Crippen molar-refractivity contribution in [2.45, 2.75) is 32.0 Å². The molecule has 0 aliphatic rings. The number of anilines is 1. The van der Waals surface area contributed by atoms with Crippen LogP contribution in [0, 0.1) is 0 Å². The Morgan fingerprint density at radius 1 is 1.26 bits per heavy atom. The van der Waals surface area contributed by atoms with Crippen molar-refractivity contribution in [1.82, 2.24) is 5.32 Å². The molecule has 19 heavy (non-hydrogen) atoms. The molecule has 0 spiro atoms. The van der Waals surface area contributed by atoms with E-state index in [1.165, 1.54) is 12.1 Å². The van der Waals surface area contributed by atoms with Crippen molar-refractivity contribution in [3.05, 3.63) is 29.8 Å². The molecular formula is C13H17F3N2O. The fraction of sp³-hybridized carbons (Fsp3) is 0.462. The van der Waals surface area contributed by atoms with E-state index in [-0.39, 0.29) is 18.4 Å². The quantitative estimate of drug-likeness (QED) is 0.866. The van der Waals surface area contributed by atoms with Gasteiger partial charge in [-0.05, 0) is 30.7 Å². The van der Waals surface area contributed by atoms with E-state index in [0.29, 0.717) is 12.1 Å². The molecule has 1 unspecified atom stereocenters. The van der Waals surface area contributed by atoms with Crippen LogP contribution in [0.2, 0.25) is 0 Å². The summed E-state index contributed by atoms with van der Waals surface area (Å²) in [7, 11) is 1.55. The van der Waals surface area contributed by atoms with Crippen molar-refractivity contribution in [3.63, 3.8) is 0 Å². The van der Waals surface area contributed by atoms with E-state index in [1.807, 2.05) is 6.92 Å². The van der Waals surface area contributed by atoms with Crippen molar-refractivity contribution >= 4 is 11.6 Å². The van der Waals surface area contributed by atoms with Crippen LogP contribution in [0.3, 0.4) is 0 Å². The Bertz CT molecular complexity index is 415. The Kier molecular flexibility index (Phi) is 5.20. The number of carbonyl (C=O) groups excluding carboxylic acids is 1. The van der Waals surface area contributed by atoms with Gasteiger partial charge in [-0.1, -0.05) is 6.92 Å². The SMILES string of the molecule is CCC(CC(=O)NC)Nc1ccc(C(F)(F)F)cc1. The summed E-state index contributed by atoms with van der Waals surface area (Å²) in [5.41, 5.74) is -0.110. The summed E-state index contributed by atoms with van der Waals surface area (Å²) in [6.45, 7) is 1.91. The highest BCUT2D eigenvalue weighted by Crippen LogP contribution is 2.30. The van der Waals surface area contributed by atoms with E-state index in [2.05, 4.69) is 10.6 Å². The Hall–Kier alpha value is -1.72. The molecule has 3 nitrogen and oxygen atoms in total. The zero-order valence-corrected chi connectivity index (χ0v) is 10.8. The van der Waals surface area contributed by atoms with Crippen LogP contribution in [-0.2, 0) is 11.0 Å². The maximum atomic E-state index is 12.4. The largest absolute Gasteiger partial charge is 0.416 e. The number of carbonyl (C=O) groups is 1. The van der Waals surface area contributed by atoms with Gasteiger partial charge in [0.15, 0.2) is 0 Å². The maximum Gasteiger partial charge on any atom is 0.416 e. The monoisotopic (exact) mass is 274 g/mol. The lowest BCUT2D eigenvalue weighted by Crippen LogP contribution is -2.28.